The van der Waals surface area contributed by atoms with E-state index in [0.717, 1.165) is 44.7 Å². The van der Waals surface area contributed by atoms with Gasteiger partial charge in [0.1, 0.15) is 0 Å². The maximum atomic E-state index is 12.1. The number of nitrogens with one attached hydrogen (secondary N) is 1. The van der Waals surface area contributed by atoms with Crippen molar-refractivity contribution in [2.75, 3.05) is 6.54 Å². The minimum atomic E-state index is 0.190. The molecule has 0 atom stereocenters. The Balaban J connectivity index is 1.25. The standard InChI is InChI=1S/C23H26N4O/c28-23(18-7-4-8-18)24-14-20-13-21-16-26(11-12-27(21)25-20)15-19-9-3-6-17-5-1-2-10-22(17)19/h1-3,5-6,9-10,13,18H,4,7-8,11-12,14-16H2,(H,24,28). The SMILES string of the molecule is O=C(NCc1cc2n(n1)CCN(Cc1cccc3ccccc13)C2)C1CCC1. The summed E-state index contributed by atoms with van der Waals surface area (Å²) in [5.74, 6) is 0.420. The van der Waals surface area contributed by atoms with Crippen molar-refractivity contribution < 1.29 is 4.79 Å². The van der Waals surface area contributed by atoms with E-state index in [1.807, 2.05) is 0 Å². The van der Waals surface area contributed by atoms with Gasteiger partial charge in [0.25, 0.3) is 0 Å². The fourth-order valence-electron chi connectivity index (χ4n) is 4.27. The van der Waals surface area contributed by atoms with Gasteiger partial charge in [-0.25, -0.2) is 0 Å². The molecule has 1 N–H and O–H groups in total. The van der Waals surface area contributed by atoms with Crippen LogP contribution in [0.5, 0.6) is 0 Å². The minimum Gasteiger partial charge on any atom is -0.350 e. The molecule has 5 rings (SSSR count). The van der Waals surface area contributed by atoms with Crippen molar-refractivity contribution in [2.24, 2.45) is 5.92 Å². The number of amides is 1. The van der Waals surface area contributed by atoms with Gasteiger partial charge in [-0.15, -0.1) is 0 Å². The number of benzene rings is 2. The first-order valence-corrected chi connectivity index (χ1v) is 10.3. The van der Waals surface area contributed by atoms with E-state index < -0.39 is 0 Å². The van der Waals surface area contributed by atoms with Gasteiger partial charge in [-0.05, 0) is 35.2 Å². The molecular weight excluding hydrogens is 348 g/mol. The van der Waals surface area contributed by atoms with E-state index in [4.69, 9.17) is 5.10 Å². The van der Waals surface area contributed by atoms with Crippen molar-refractivity contribution >= 4 is 16.7 Å². The summed E-state index contributed by atoms with van der Waals surface area (Å²) in [5, 5.41) is 10.4. The summed E-state index contributed by atoms with van der Waals surface area (Å²) >= 11 is 0. The van der Waals surface area contributed by atoms with E-state index in [-0.39, 0.29) is 11.8 Å². The number of carbonyl (C=O) groups is 1. The zero-order valence-corrected chi connectivity index (χ0v) is 16.1. The Morgan fingerprint density at radius 2 is 1.96 bits per heavy atom. The molecular formula is C23H26N4O. The van der Waals surface area contributed by atoms with Gasteiger partial charge in [0.05, 0.1) is 24.5 Å². The smallest absolute Gasteiger partial charge is 0.223 e. The fourth-order valence-corrected chi connectivity index (χ4v) is 4.27. The van der Waals surface area contributed by atoms with Crippen molar-refractivity contribution in [3.8, 4) is 0 Å². The zero-order chi connectivity index (χ0) is 18.9. The lowest BCUT2D eigenvalue weighted by Gasteiger charge is -2.28. The van der Waals surface area contributed by atoms with Crippen LogP contribution >= 0.6 is 0 Å². The lowest BCUT2D eigenvalue weighted by molar-refractivity contribution is -0.127. The van der Waals surface area contributed by atoms with Crippen LogP contribution < -0.4 is 5.32 Å². The predicted octanol–water partition coefficient (Wildman–Crippen LogP) is 3.47. The topological polar surface area (TPSA) is 50.2 Å². The Hall–Kier alpha value is -2.66. The summed E-state index contributed by atoms with van der Waals surface area (Å²) in [5.41, 5.74) is 3.58. The van der Waals surface area contributed by atoms with Gasteiger partial charge >= 0.3 is 0 Å². The van der Waals surface area contributed by atoms with Gasteiger partial charge in [0.15, 0.2) is 0 Å². The highest BCUT2D eigenvalue weighted by molar-refractivity contribution is 5.85. The highest BCUT2D eigenvalue weighted by Crippen LogP contribution is 2.26. The van der Waals surface area contributed by atoms with Crippen LogP contribution in [0.4, 0.5) is 0 Å². The molecule has 2 aliphatic rings. The lowest BCUT2D eigenvalue weighted by atomic mass is 9.85. The van der Waals surface area contributed by atoms with Crippen molar-refractivity contribution in [1.29, 1.82) is 0 Å². The van der Waals surface area contributed by atoms with Crippen molar-refractivity contribution in [3.63, 3.8) is 0 Å². The second-order valence-corrected chi connectivity index (χ2v) is 8.04. The zero-order valence-electron chi connectivity index (χ0n) is 16.1. The number of nitrogens with zero attached hydrogens (tertiary/aromatic N) is 3. The van der Waals surface area contributed by atoms with Crippen LogP contribution in [-0.4, -0.2) is 27.1 Å². The molecule has 1 fully saturated rings. The highest BCUT2D eigenvalue weighted by Gasteiger charge is 2.25. The Kier molecular flexibility index (Phi) is 4.61. The third-order valence-corrected chi connectivity index (χ3v) is 6.12. The molecule has 144 valence electrons. The van der Waals surface area contributed by atoms with Gasteiger partial charge in [0.2, 0.25) is 5.91 Å². The molecule has 3 aromatic rings. The van der Waals surface area contributed by atoms with E-state index in [9.17, 15) is 4.79 Å². The van der Waals surface area contributed by atoms with Gasteiger partial charge in [-0.3, -0.25) is 14.4 Å². The number of rotatable bonds is 5. The number of carbonyl (C=O) groups excluding carboxylic acids is 1. The predicted molar refractivity (Wildman–Crippen MR) is 109 cm³/mol. The summed E-state index contributed by atoms with van der Waals surface area (Å²) in [6, 6.07) is 17.3. The largest absolute Gasteiger partial charge is 0.350 e. The van der Waals surface area contributed by atoms with Crippen LogP contribution in [0.25, 0.3) is 10.8 Å². The van der Waals surface area contributed by atoms with Crippen molar-refractivity contribution in [2.45, 2.75) is 45.4 Å². The van der Waals surface area contributed by atoms with Crippen LogP contribution in [0.3, 0.4) is 0 Å². The van der Waals surface area contributed by atoms with Gasteiger partial charge < -0.3 is 5.32 Å². The molecule has 5 heteroatoms. The summed E-state index contributed by atoms with van der Waals surface area (Å²) in [7, 11) is 0. The van der Waals surface area contributed by atoms with Crippen LogP contribution in [0, 0.1) is 5.92 Å². The van der Waals surface area contributed by atoms with Crippen LogP contribution in [0.2, 0.25) is 0 Å². The second kappa shape index (κ2) is 7.40. The monoisotopic (exact) mass is 374 g/mol. The van der Waals surface area contributed by atoms with Gasteiger partial charge in [-0.2, -0.15) is 5.10 Å². The average Bonchev–Trinajstić information content (AvgIpc) is 3.08. The Morgan fingerprint density at radius 3 is 2.82 bits per heavy atom. The van der Waals surface area contributed by atoms with E-state index in [1.165, 1.54) is 28.5 Å². The van der Waals surface area contributed by atoms with E-state index in [1.54, 1.807) is 0 Å². The van der Waals surface area contributed by atoms with Crippen molar-refractivity contribution in [3.05, 3.63) is 65.5 Å². The molecule has 2 heterocycles. The number of fused-ring (bicyclic) bond motifs is 2. The van der Waals surface area contributed by atoms with Crippen LogP contribution in [-0.2, 0) is 31.0 Å². The maximum Gasteiger partial charge on any atom is 0.223 e. The molecule has 0 bridgehead atoms. The van der Waals surface area contributed by atoms with Gasteiger partial charge in [-0.1, -0.05) is 48.9 Å². The third kappa shape index (κ3) is 3.42. The first-order chi connectivity index (χ1) is 13.8. The van der Waals surface area contributed by atoms with Crippen LogP contribution in [0.15, 0.2) is 48.5 Å². The van der Waals surface area contributed by atoms with Crippen molar-refractivity contribution in [1.82, 2.24) is 20.0 Å². The molecule has 0 radical (unpaired) electrons. The lowest BCUT2D eigenvalue weighted by Crippen LogP contribution is -2.34. The molecule has 1 amide bonds. The summed E-state index contributed by atoms with van der Waals surface area (Å²) in [6.45, 7) is 4.27. The van der Waals surface area contributed by atoms with Crippen LogP contribution in [0.1, 0.15) is 36.2 Å². The normalized spacial score (nSPS) is 17.3. The number of hydrogen-bond acceptors (Lipinski definition) is 3. The summed E-state index contributed by atoms with van der Waals surface area (Å²) < 4.78 is 2.10. The molecule has 1 aliphatic heterocycles. The molecule has 0 saturated heterocycles. The molecule has 28 heavy (non-hydrogen) atoms. The summed E-state index contributed by atoms with van der Waals surface area (Å²) in [6.07, 6.45) is 3.26. The first-order valence-electron chi connectivity index (χ1n) is 10.3. The molecule has 2 aromatic carbocycles. The highest BCUT2D eigenvalue weighted by atomic mass is 16.1. The quantitative estimate of drug-likeness (QED) is 0.744. The average molecular weight is 374 g/mol. The number of aromatic nitrogens is 2. The molecule has 1 aromatic heterocycles. The Labute approximate surface area is 165 Å². The fraction of sp³-hybridized carbons (Fsp3) is 0.391. The molecule has 1 aliphatic carbocycles. The minimum absolute atomic E-state index is 0.190. The van der Waals surface area contributed by atoms with E-state index in [0.29, 0.717) is 6.54 Å². The van der Waals surface area contributed by atoms with Gasteiger partial charge in [0, 0.05) is 25.6 Å². The van der Waals surface area contributed by atoms with E-state index in [2.05, 4.69) is 63.4 Å². The maximum absolute atomic E-state index is 12.1. The molecule has 1 saturated carbocycles. The summed E-state index contributed by atoms with van der Waals surface area (Å²) in [4.78, 5) is 14.5. The number of hydrogen-bond donors (Lipinski definition) is 1. The Bertz CT molecular complexity index is 1000. The van der Waals surface area contributed by atoms with E-state index >= 15 is 0 Å². The second-order valence-electron chi connectivity index (χ2n) is 8.04. The molecule has 5 nitrogen and oxygen atoms in total. The molecule has 0 unspecified atom stereocenters. The Morgan fingerprint density at radius 1 is 1.11 bits per heavy atom. The molecule has 0 spiro atoms. The third-order valence-electron chi connectivity index (χ3n) is 6.12. The first kappa shape index (κ1) is 17.4.